The first-order chi connectivity index (χ1) is 16.3. The molecule has 1 aliphatic heterocycles. The van der Waals surface area contributed by atoms with Crippen LogP contribution in [0.2, 0.25) is 0 Å². The Bertz CT molecular complexity index is 1070. The molecular formula is C26H34N4O3S. The van der Waals surface area contributed by atoms with Crippen molar-refractivity contribution >= 4 is 35.1 Å². The summed E-state index contributed by atoms with van der Waals surface area (Å²) in [5.41, 5.74) is 1.08. The Labute approximate surface area is 205 Å². The normalized spacial score (nSPS) is 20.9. The van der Waals surface area contributed by atoms with Crippen molar-refractivity contribution in [1.82, 2.24) is 9.47 Å². The van der Waals surface area contributed by atoms with Crippen LogP contribution in [-0.4, -0.2) is 39.1 Å². The first-order valence-electron chi connectivity index (χ1n) is 12.1. The minimum atomic E-state index is -0.599. The van der Waals surface area contributed by atoms with Crippen molar-refractivity contribution in [2.75, 3.05) is 16.6 Å². The van der Waals surface area contributed by atoms with E-state index in [1.807, 2.05) is 43.3 Å². The Morgan fingerprint density at radius 2 is 1.85 bits per heavy atom. The third kappa shape index (κ3) is 5.84. The molecule has 0 bridgehead atoms. The third-order valence-corrected chi connectivity index (χ3v) is 7.56. The lowest BCUT2D eigenvalue weighted by atomic mass is 10.0. The zero-order valence-electron chi connectivity index (χ0n) is 20.1. The summed E-state index contributed by atoms with van der Waals surface area (Å²) < 4.78 is 4.76. The van der Waals surface area contributed by atoms with Gasteiger partial charge in [0, 0.05) is 29.7 Å². The van der Waals surface area contributed by atoms with Gasteiger partial charge in [-0.1, -0.05) is 32.0 Å². The van der Waals surface area contributed by atoms with Crippen LogP contribution in [0.4, 0.5) is 11.4 Å². The smallest absolute Gasteiger partial charge is 0.275 e. The number of carbonyl (C=O) groups excluding carboxylic acids is 2. The minimum Gasteiger partial charge on any atom is -0.337 e. The van der Waals surface area contributed by atoms with Gasteiger partial charge in [-0.25, -0.2) is 0 Å². The summed E-state index contributed by atoms with van der Waals surface area (Å²) in [7, 11) is 0. The summed E-state index contributed by atoms with van der Waals surface area (Å²) in [5.74, 6) is -0.216. The van der Waals surface area contributed by atoms with Crippen molar-refractivity contribution in [3.05, 3.63) is 59.0 Å². The topological polar surface area (TPSA) is 83.4 Å². The quantitative estimate of drug-likeness (QED) is 0.513. The lowest BCUT2D eigenvalue weighted by molar-refractivity contribution is -0.136. The van der Waals surface area contributed by atoms with Crippen molar-refractivity contribution in [3.63, 3.8) is 0 Å². The van der Waals surface area contributed by atoms with Gasteiger partial charge in [-0.15, -0.1) is 0 Å². The van der Waals surface area contributed by atoms with Crippen LogP contribution in [0.1, 0.15) is 52.5 Å². The molecule has 0 radical (unpaired) electrons. The number of hydrogen-bond donors (Lipinski definition) is 2. The van der Waals surface area contributed by atoms with E-state index in [1.54, 1.807) is 33.7 Å². The predicted molar refractivity (Wildman–Crippen MR) is 138 cm³/mol. The third-order valence-electron chi connectivity index (χ3n) is 6.42. The van der Waals surface area contributed by atoms with Crippen molar-refractivity contribution < 1.29 is 9.59 Å². The molecule has 7 nitrogen and oxygen atoms in total. The van der Waals surface area contributed by atoms with Crippen LogP contribution < -0.4 is 15.6 Å². The van der Waals surface area contributed by atoms with Gasteiger partial charge in [0.15, 0.2) is 0 Å². The van der Waals surface area contributed by atoms with E-state index in [9.17, 15) is 14.4 Å². The average Bonchev–Trinajstić information content (AvgIpc) is 3.56. The number of aromatic nitrogens is 1. The molecule has 1 saturated heterocycles. The molecule has 2 fully saturated rings. The monoisotopic (exact) mass is 482 g/mol. The number of hydrogen-bond acceptors (Lipinski definition) is 5. The maximum Gasteiger partial charge on any atom is 0.275 e. The highest BCUT2D eigenvalue weighted by molar-refractivity contribution is 8.01. The van der Waals surface area contributed by atoms with Crippen molar-refractivity contribution in [2.24, 2.45) is 11.8 Å². The van der Waals surface area contributed by atoms with E-state index >= 15 is 0 Å². The summed E-state index contributed by atoms with van der Waals surface area (Å²) in [5, 5.41) is 3.52. The molecule has 4 rings (SSSR count). The molecule has 2 aromatic rings. The van der Waals surface area contributed by atoms with E-state index in [4.69, 9.17) is 0 Å². The fourth-order valence-electron chi connectivity index (χ4n) is 4.43. The second-order valence-electron chi connectivity index (χ2n) is 9.83. The van der Waals surface area contributed by atoms with E-state index in [1.165, 1.54) is 12.8 Å². The highest BCUT2D eigenvalue weighted by Crippen LogP contribution is 2.34. The van der Waals surface area contributed by atoms with Crippen LogP contribution >= 0.6 is 11.9 Å². The Kier molecular flexibility index (Phi) is 7.66. The van der Waals surface area contributed by atoms with Crippen LogP contribution in [-0.2, 0) is 9.59 Å². The SMILES string of the molecule is CC(C)CC(C(=O)N1CC(C(=O)Nc2ccccc2)CC1C)n1cccc(NSC2CC2)c1=O. The van der Waals surface area contributed by atoms with Crippen molar-refractivity contribution in [1.29, 1.82) is 0 Å². The number of nitrogens with zero attached hydrogens (tertiary/aromatic N) is 2. The number of pyridine rings is 1. The summed E-state index contributed by atoms with van der Waals surface area (Å²) >= 11 is 1.58. The first kappa shape index (κ1) is 24.4. The van der Waals surface area contributed by atoms with Crippen LogP contribution in [0.3, 0.4) is 0 Å². The van der Waals surface area contributed by atoms with Gasteiger partial charge in [-0.3, -0.25) is 14.4 Å². The predicted octanol–water partition coefficient (Wildman–Crippen LogP) is 4.53. The summed E-state index contributed by atoms with van der Waals surface area (Å²) in [6.07, 6.45) is 5.20. The van der Waals surface area contributed by atoms with Gasteiger partial charge in [0.2, 0.25) is 11.8 Å². The number of nitrogens with one attached hydrogen (secondary N) is 2. The fraction of sp³-hybridized carbons (Fsp3) is 0.500. The summed E-state index contributed by atoms with van der Waals surface area (Å²) in [6, 6.07) is 12.3. The molecule has 2 aliphatic rings. The molecule has 34 heavy (non-hydrogen) atoms. The van der Waals surface area contributed by atoms with E-state index in [0.29, 0.717) is 30.3 Å². The van der Waals surface area contributed by atoms with Crippen LogP contribution in [0, 0.1) is 11.8 Å². The Morgan fingerprint density at radius 1 is 1.12 bits per heavy atom. The fourth-order valence-corrected chi connectivity index (χ4v) is 5.25. The second-order valence-corrected chi connectivity index (χ2v) is 10.9. The van der Waals surface area contributed by atoms with Gasteiger partial charge in [0.05, 0.1) is 5.92 Å². The van der Waals surface area contributed by atoms with Crippen LogP contribution in [0.15, 0.2) is 53.5 Å². The Morgan fingerprint density at radius 3 is 2.53 bits per heavy atom. The van der Waals surface area contributed by atoms with E-state index in [0.717, 1.165) is 5.69 Å². The van der Waals surface area contributed by atoms with Crippen molar-refractivity contribution in [3.8, 4) is 0 Å². The number of likely N-dealkylation sites (tertiary alicyclic amines) is 1. The van der Waals surface area contributed by atoms with Gasteiger partial charge in [-0.05, 0) is 74.7 Å². The molecule has 3 atom stereocenters. The number of anilines is 2. The molecule has 3 unspecified atom stereocenters. The molecule has 1 aromatic carbocycles. The first-order valence-corrected chi connectivity index (χ1v) is 13.0. The highest BCUT2D eigenvalue weighted by atomic mass is 32.2. The number of carbonyl (C=O) groups is 2. The Balaban J connectivity index is 1.50. The van der Waals surface area contributed by atoms with Gasteiger partial charge in [0.1, 0.15) is 11.7 Å². The molecule has 2 heterocycles. The zero-order chi connectivity index (χ0) is 24.2. The van der Waals surface area contributed by atoms with E-state index in [-0.39, 0.29) is 35.3 Å². The standard InChI is InChI=1S/C26H34N4O3S/c1-17(2)14-23(29-13-7-10-22(25(29)32)28-34-21-11-12-21)26(33)30-16-19(15-18(30)3)24(31)27-20-8-5-4-6-9-20/h4-10,13,17-19,21,23,28H,11-12,14-16H2,1-3H3,(H,27,31). The molecule has 1 saturated carbocycles. The van der Waals surface area contributed by atoms with Gasteiger partial charge < -0.3 is 19.5 Å². The molecule has 1 aromatic heterocycles. The minimum absolute atomic E-state index is 0.0730. The average molecular weight is 483 g/mol. The number of para-hydroxylation sites is 1. The number of rotatable bonds is 9. The molecule has 8 heteroatoms. The van der Waals surface area contributed by atoms with E-state index < -0.39 is 6.04 Å². The maximum absolute atomic E-state index is 13.8. The largest absolute Gasteiger partial charge is 0.337 e. The van der Waals surface area contributed by atoms with Crippen LogP contribution in [0.25, 0.3) is 0 Å². The summed E-state index contributed by atoms with van der Waals surface area (Å²) in [6.45, 7) is 6.45. The maximum atomic E-state index is 13.8. The molecule has 182 valence electrons. The van der Waals surface area contributed by atoms with Gasteiger partial charge in [-0.2, -0.15) is 0 Å². The second kappa shape index (κ2) is 10.7. The molecule has 2 amide bonds. The molecule has 0 spiro atoms. The highest BCUT2D eigenvalue weighted by Gasteiger charge is 2.39. The zero-order valence-corrected chi connectivity index (χ0v) is 20.9. The lowest BCUT2D eigenvalue weighted by Gasteiger charge is -2.29. The van der Waals surface area contributed by atoms with Crippen molar-refractivity contribution in [2.45, 2.75) is 63.8 Å². The Hall–Kier alpha value is -2.74. The molecule has 1 aliphatic carbocycles. The molecule has 2 N–H and O–H groups in total. The van der Waals surface area contributed by atoms with Crippen LogP contribution in [0.5, 0.6) is 0 Å². The van der Waals surface area contributed by atoms with E-state index in [2.05, 4.69) is 23.9 Å². The lowest BCUT2D eigenvalue weighted by Crippen LogP contribution is -2.43. The summed E-state index contributed by atoms with van der Waals surface area (Å²) in [4.78, 5) is 41.7. The molecular weight excluding hydrogens is 448 g/mol. The number of benzene rings is 1. The van der Waals surface area contributed by atoms with Gasteiger partial charge >= 0.3 is 0 Å². The number of amides is 2. The van der Waals surface area contributed by atoms with Gasteiger partial charge in [0.25, 0.3) is 5.56 Å².